The van der Waals surface area contributed by atoms with Gasteiger partial charge in [0, 0.05) is 24.2 Å². The van der Waals surface area contributed by atoms with E-state index in [2.05, 4.69) is 4.90 Å². The van der Waals surface area contributed by atoms with Gasteiger partial charge in [-0.1, -0.05) is 41.9 Å². The van der Waals surface area contributed by atoms with Crippen molar-refractivity contribution < 1.29 is 9.15 Å². The molecule has 5 rings (SSSR count). The van der Waals surface area contributed by atoms with Crippen LogP contribution in [0.1, 0.15) is 11.3 Å². The smallest absolute Gasteiger partial charge is 0.357 e. The number of morpholine rings is 1. The first kappa shape index (κ1) is 17.0. The highest BCUT2D eigenvalue weighted by molar-refractivity contribution is 7.18. The molecule has 1 saturated heterocycles. The lowest BCUT2D eigenvalue weighted by Gasteiger charge is -2.32. The van der Waals surface area contributed by atoms with Crippen molar-refractivity contribution in [2.24, 2.45) is 0 Å². The number of thiazole rings is 1. The van der Waals surface area contributed by atoms with Gasteiger partial charge in [-0.2, -0.15) is 0 Å². The molecule has 0 atom stereocenters. The number of benzene rings is 1. The van der Waals surface area contributed by atoms with Crippen LogP contribution in [0.2, 0.25) is 5.02 Å². The minimum absolute atomic E-state index is 0.173. The van der Waals surface area contributed by atoms with Crippen molar-refractivity contribution in [2.75, 3.05) is 31.2 Å². The van der Waals surface area contributed by atoms with E-state index in [-0.39, 0.29) is 5.02 Å². The lowest BCUT2D eigenvalue weighted by molar-refractivity contribution is 0.122. The molecule has 0 saturated carbocycles. The topological polar surface area (TPSA) is 55.6 Å². The van der Waals surface area contributed by atoms with E-state index < -0.39 is 5.63 Å². The lowest BCUT2D eigenvalue weighted by Crippen LogP contribution is -2.38. The number of rotatable bonds is 2. The zero-order valence-electron chi connectivity index (χ0n) is 14.5. The SMILES string of the molecule is O=c1oc2c(c(N3CCOCC3)c1Cl)CCc1nc(-c3ccccc3)sc1-2. The van der Waals surface area contributed by atoms with Crippen molar-refractivity contribution in [1.29, 1.82) is 0 Å². The Kier molecular flexibility index (Phi) is 4.27. The summed E-state index contributed by atoms with van der Waals surface area (Å²) < 4.78 is 11.1. The fourth-order valence-electron chi connectivity index (χ4n) is 3.71. The van der Waals surface area contributed by atoms with Gasteiger partial charge in [0.05, 0.1) is 29.5 Å². The van der Waals surface area contributed by atoms with Gasteiger partial charge >= 0.3 is 5.63 Å². The molecule has 3 heterocycles. The molecule has 0 unspecified atom stereocenters. The van der Waals surface area contributed by atoms with E-state index in [4.69, 9.17) is 25.7 Å². The standard InChI is InChI=1S/C20H17ClN2O3S/c21-15-16(23-8-10-25-11-9-23)13-6-7-14-18(17(13)26-20(15)24)27-19(22-14)12-4-2-1-3-5-12/h1-5H,6-11H2. The summed E-state index contributed by atoms with van der Waals surface area (Å²) in [5.74, 6) is 0.631. The number of ether oxygens (including phenoxy) is 1. The molecule has 5 nitrogen and oxygen atoms in total. The van der Waals surface area contributed by atoms with Gasteiger partial charge in [-0.15, -0.1) is 11.3 Å². The molecular weight excluding hydrogens is 384 g/mol. The average Bonchev–Trinajstić information content (AvgIpc) is 3.15. The zero-order chi connectivity index (χ0) is 18.4. The minimum atomic E-state index is -0.487. The molecule has 0 spiro atoms. The second kappa shape index (κ2) is 6.78. The molecule has 0 radical (unpaired) electrons. The molecular formula is C20H17ClN2O3S. The molecule has 1 aliphatic carbocycles. The largest absolute Gasteiger partial charge is 0.420 e. The molecule has 2 aromatic heterocycles. The molecule has 1 aromatic carbocycles. The highest BCUT2D eigenvalue weighted by Gasteiger charge is 2.31. The third kappa shape index (κ3) is 2.88. The van der Waals surface area contributed by atoms with Gasteiger partial charge < -0.3 is 14.1 Å². The summed E-state index contributed by atoms with van der Waals surface area (Å²) in [5.41, 5.74) is 3.40. The van der Waals surface area contributed by atoms with Gasteiger partial charge in [-0.25, -0.2) is 9.78 Å². The molecule has 2 aliphatic rings. The van der Waals surface area contributed by atoms with Crippen molar-refractivity contribution in [3.63, 3.8) is 0 Å². The van der Waals surface area contributed by atoms with Crippen LogP contribution in [0.15, 0.2) is 39.5 Å². The number of halogens is 1. The maximum Gasteiger partial charge on any atom is 0.357 e. The van der Waals surface area contributed by atoms with E-state index in [1.807, 2.05) is 30.3 Å². The van der Waals surface area contributed by atoms with Crippen LogP contribution in [0.25, 0.3) is 21.2 Å². The Labute approximate surface area is 165 Å². The van der Waals surface area contributed by atoms with Crippen LogP contribution in [0.5, 0.6) is 0 Å². The summed E-state index contributed by atoms with van der Waals surface area (Å²) >= 11 is 7.96. The number of anilines is 1. The molecule has 3 aromatic rings. The van der Waals surface area contributed by atoms with Gasteiger partial charge in [0.25, 0.3) is 0 Å². The molecule has 0 bridgehead atoms. The van der Waals surface area contributed by atoms with Gasteiger partial charge in [0.1, 0.15) is 10.0 Å². The van der Waals surface area contributed by atoms with Crippen molar-refractivity contribution in [2.45, 2.75) is 12.8 Å². The third-order valence-corrected chi connectivity index (χ3v) is 6.48. The van der Waals surface area contributed by atoms with E-state index >= 15 is 0 Å². The summed E-state index contributed by atoms with van der Waals surface area (Å²) in [6, 6.07) is 10.1. The molecule has 0 N–H and O–H groups in total. The van der Waals surface area contributed by atoms with Crippen LogP contribution in [-0.2, 0) is 17.6 Å². The second-order valence-electron chi connectivity index (χ2n) is 6.62. The Morgan fingerprint density at radius 2 is 1.89 bits per heavy atom. The summed E-state index contributed by atoms with van der Waals surface area (Å²) in [6.07, 6.45) is 1.57. The van der Waals surface area contributed by atoms with Gasteiger partial charge in [-0.3, -0.25) is 0 Å². The van der Waals surface area contributed by atoms with Crippen LogP contribution in [0.3, 0.4) is 0 Å². The first-order valence-corrected chi connectivity index (χ1v) is 10.2. The Bertz CT molecular complexity index is 1060. The van der Waals surface area contributed by atoms with Crippen molar-refractivity contribution in [3.05, 3.63) is 57.0 Å². The van der Waals surface area contributed by atoms with Gasteiger partial charge in [-0.05, 0) is 12.8 Å². The Morgan fingerprint density at radius 3 is 2.67 bits per heavy atom. The Balaban J connectivity index is 1.66. The zero-order valence-corrected chi connectivity index (χ0v) is 16.1. The summed E-state index contributed by atoms with van der Waals surface area (Å²) in [6.45, 7) is 2.71. The quantitative estimate of drug-likeness (QED) is 0.650. The van der Waals surface area contributed by atoms with E-state index in [1.165, 1.54) is 0 Å². The predicted octanol–water partition coefficient (Wildman–Crippen LogP) is 4.02. The second-order valence-corrected chi connectivity index (χ2v) is 8.00. The van der Waals surface area contributed by atoms with Crippen LogP contribution in [-0.4, -0.2) is 31.3 Å². The van der Waals surface area contributed by atoms with Crippen LogP contribution in [0, 0.1) is 0 Å². The molecule has 7 heteroatoms. The number of hydrogen-bond acceptors (Lipinski definition) is 6. The van der Waals surface area contributed by atoms with E-state index in [0.29, 0.717) is 19.0 Å². The number of aryl methyl sites for hydroxylation is 1. The number of fused-ring (bicyclic) bond motifs is 3. The third-order valence-electron chi connectivity index (χ3n) is 5.01. The van der Waals surface area contributed by atoms with Gasteiger partial charge in [0.2, 0.25) is 0 Å². The average molecular weight is 401 g/mol. The van der Waals surface area contributed by atoms with Crippen molar-refractivity contribution in [1.82, 2.24) is 4.98 Å². The number of aromatic nitrogens is 1. The summed E-state index contributed by atoms with van der Waals surface area (Å²) in [5, 5.41) is 1.12. The van der Waals surface area contributed by atoms with Crippen LogP contribution < -0.4 is 10.5 Å². The predicted molar refractivity (Wildman–Crippen MR) is 107 cm³/mol. The first-order chi connectivity index (χ1) is 13.2. The van der Waals surface area contributed by atoms with Crippen molar-refractivity contribution >= 4 is 28.6 Å². The van der Waals surface area contributed by atoms with E-state index in [0.717, 1.165) is 58.3 Å². The normalized spacial score (nSPS) is 16.1. The first-order valence-electron chi connectivity index (χ1n) is 8.96. The lowest BCUT2D eigenvalue weighted by atomic mass is 9.97. The van der Waals surface area contributed by atoms with Crippen molar-refractivity contribution in [3.8, 4) is 21.2 Å². The fraction of sp³-hybridized carbons (Fsp3) is 0.300. The Morgan fingerprint density at radius 1 is 1.11 bits per heavy atom. The minimum Gasteiger partial charge on any atom is -0.420 e. The van der Waals surface area contributed by atoms with E-state index in [1.54, 1.807) is 11.3 Å². The molecule has 1 fully saturated rings. The highest BCUT2D eigenvalue weighted by Crippen LogP contribution is 2.44. The summed E-state index contributed by atoms with van der Waals surface area (Å²) in [7, 11) is 0. The molecule has 0 amide bonds. The monoisotopic (exact) mass is 400 g/mol. The molecule has 138 valence electrons. The Hall–Kier alpha value is -2.15. The highest BCUT2D eigenvalue weighted by atomic mass is 35.5. The molecule has 1 aliphatic heterocycles. The van der Waals surface area contributed by atoms with E-state index in [9.17, 15) is 4.79 Å². The van der Waals surface area contributed by atoms with Crippen LogP contribution >= 0.6 is 22.9 Å². The maximum absolute atomic E-state index is 12.5. The van der Waals surface area contributed by atoms with Gasteiger partial charge in [0.15, 0.2) is 5.76 Å². The number of hydrogen-bond donors (Lipinski definition) is 0. The fourth-order valence-corrected chi connectivity index (χ4v) is 5.11. The summed E-state index contributed by atoms with van der Waals surface area (Å²) in [4.78, 5) is 20.4. The number of nitrogens with zero attached hydrogens (tertiary/aromatic N) is 2. The van der Waals surface area contributed by atoms with Crippen LogP contribution in [0.4, 0.5) is 5.69 Å². The maximum atomic E-state index is 12.5. The molecule has 27 heavy (non-hydrogen) atoms.